The fraction of sp³-hybridized carbons (Fsp3) is 0.600. The van der Waals surface area contributed by atoms with Crippen LogP contribution in [0.25, 0.3) is 0 Å². The molecule has 1 N–H and O–H groups in total. The summed E-state index contributed by atoms with van der Waals surface area (Å²) in [6, 6.07) is 8.49. The zero-order valence-corrected chi connectivity index (χ0v) is 16.2. The van der Waals surface area contributed by atoms with Crippen LogP contribution in [0.1, 0.15) is 30.9 Å². The highest BCUT2D eigenvalue weighted by Gasteiger charge is 2.22. The van der Waals surface area contributed by atoms with E-state index in [4.69, 9.17) is 9.57 Å². The molecular weight excluding hydrogens is 358 g/mol. The summed E-state index contributed by atoms with van der Waals surface area (Å²) in [5.41, 5.74) is 1.16. The number of hydrogen-bond acceptors (Lipinski definition) is 7. The van der Waals surface area contributed by atoms with E-state index in [0.29, 0.717) is 19.2 Å². The molecule has 0 saturated carbocycles. The summed E-state index contributed by atoms with van der Waals surface area (Å²) < 4.78 is 7.92. The van der Waals surface area contributed by atoms with Crippen molar-refractivity contribution in [3.63, 3.8) is 0 Å². The van der Waals surface area contributed by atoms with Gasteiger partial charge in [-0.15, -0.1) is 10.2 Å². The molecule has 1 aromatic heterocycles. The molecule has 2 aliphatic rings. The number of nitrogens with zero attached hydrogens (tertiary/aromatic N) is 5. The molecule has 8 heteroatoms. The average molecular weight is 387 g/mol. The predicted molar refractivity (Wildman–Crippen MR) is 104 cm³/mol. The fourth-order valence-electron chi connectivity index (χ4n) is 3.90. The maximum absolute atomic E-state index is 10.4. The van der Waals surface area contributed by atoms with Crippen molar-refractivity contribution in [2.45, 2.75) is 38.0 Å². The molecule has 4 rings (SSSR count). The van der Waals surface area contributed by atoms with Crippen molar-refractivity contribution in [2.75, 3.05) is 39.4 Å². The van der Waals surface area contributed by atoms with E-state index in [1.165, 1.54) is 0 Å². The zero-order chi connectivity index (χ0) is 19.2. The van der Waals surface area contributed by atoms with Crippen molar-refractivity contribution in [3.8, 4) is 5.75 Å². The van der Waals surface area contributed by atoms with Gasteiger partial charge in [-0.25, -0.2) is 0 Å². The third-order valence-corrected chi connectivity index (χ3v) is 5.41. The van der Waals surface area contributed by atoms with Crippen LogP contribution in [0.2, 0.25) is 0 Å². The number of hydrogen-bond donors (Lipinski definition) is 1. The standard InChI is InChI=1S/C20H29N5O3/c26-19(13-23-8-5-18(6-9-23)24-15-21-22-16-24)14-27-20-4-1-3-17(11-20)12-25-7-2-10-28-25/h1,3-4,11,15-16,18-19,26H,2,5-10,12-14H2. The van der Waals surface area contributed by atoms with Gasteiger partial charge in [0.1, 0.15) is 31.1 Å². The Balaban J connectivity index is 1.19. The Morgan fingerprint density at radius 1 is 1.18 bits per heavy atom. The summed E-state index contributed by atoms with van der Waals surface area (Å²) in [6.07, 6.45) is 6.24. The van der Waals surface area contributed by atoms with E-state index in [1.54, 1.807) is 12.7 Å². The summed E-state index contributed by atoms with van der Waals surface area (Å²) >= 11 is 0. The number of hydroxylamine groups is 2. The lowest BCUT2D eigenvalue weighted by atomic mass is 10.0. The molecule has 2 saturated heterocycles. The molecule has 1 unspecified atom stereocenters. The lowest BCUT2D eigenvalue weighted by molar-refractivity contribution is -0.117. The fourth-order valence-corrected chi connectivity index (χ4v) is 3.90. The molecule has 1 atom stereocenters. The minimum Gasteiger partial charge on any atom is -0.491 e. The van der Waals surface area contributed by atoms with Gasteiger partial charge in [-0.1, -0.05) is 12.1 Å². The molecule has 0 radical (unpaired) electrons. The monoisotopic (exact) mass is 387 g/mol. The summed E-state index contributed by atoms with van der Waals surface area (Å²) in [5.74, 6) is 0.794. The topological polar surface area (TPSA) is 75.9 Å². The van der Waals surface area contributed by atoms with Crippen molar-refractivity contribution in [1.29, 1.82) is 0 Å². The number of benzene rings is 1. The van der Waals surface area contributed by atoms with Gasteiger partial charge < -0.3 is 19.3 Å². The number of β-amino-alcohol motifs (C(OH)–C–C–N with tert-alkyl or cyclic N) is 1. The summed E-state index contributed by atoms with van der Waals surface area (Å²) in [6.45, 7) is 5.40. The van der Waals surface area contributed by atoms with Gasteiger partial charge in [-0.05, 0) is 37.0 Å². The van der Waals surface area contributed by atoms with Crippen LogP contribution in [0.4, 0.5) is 0 Å². The van der Waals surface area contributed by atoms with Gasteiger partial charge in [0, 0.05) is 38.8 Å². The molecule has 0 amide bonds. The minimum atomic E-state index is -0.503. The van der Waals surface area contributed by atoms with Gasteiger partial charge in [0.05, 0.1) is 6.61 Å². The lowest BCUT2D eigenvalue weighted by Crippen LogP contribution is -2.41. The quantitative estimate of drug-likeness (QED) is 0.735. The highest BCUT2D eigenvalue weighted by Crippen LogP contribution is 2.22. The van der Waals surface area contributed by atoms with Crippen molar-refractivity contribution >= 4 is 0 Å². The molecule has 2 aliphatic heterocycles. The maximum Gasteiger partial charge on any atom is 0.119 e. The molecule has 3 heterocycles. The van der Waals surface area contributed by atoms with Crippen molar-refractivity contribution in [1.82, 2.24) is 24.7 Å². The first-order chi connectivity index (χ1) is 13.8. The third-order valence-electron chi connectivity index (χ3n) is 5.41. The second-order valence-corrected chi connectivity index (χ2v) is 7.60. The van der Waals surface area contributed by atoms with Crippen LogP contribution in [0.15, 0.2) is 36.9 Å². The van der Waals surface area contributed by atoms with Crippen molar-refractivity contribution in [2.24, 2.45) is 0 Å². The predicted octanol–water partition coefficient (Wildman–Crippen LogP) is 1.49. The molecule has 28 heavy (non-hydrogen) atoms. The van der Waals surface area contributed by atoms with Crippen LogP contribution in [-0.2, 0) is 11.4 Å². The van der Waals surface area contributed by atoms with Gasteiger partial charge in [-0.3, -0.25) is 4.84 Å². The van der Waals surface area contributed by atoms with E-state index < -0.39 is 6.10 Å². The lowest BCUT2D eigenvalue weighted by Gasteiger charge is -2.33. The summed E-state index contributed by atoms with van der Waals surface area (Å²) in [7, 11) is 0. The number of likely N-dealkylation sites (tertiary alicyclic amines) is 1. The zero-order valence-electron chi connectivity index (χ0n) is 16.2. The molecule has 0 bridgehead atoms. The molecule has 2 aromatic rings. The first-order valence-corrected chi connectivity index (χ1v) is 10.1. The first kappa shape index (κ1) is 19.3. The van der Waals surface area contributed by atoms with Crippen LogP contribution >= 0.6 is 0 Å². The van der Waals surface area contributed by atoms with E-state index in [-0.39, 0.29) is 0 Å². The molecule has 2 fully saturated rings. The molecule has 0 spiro atoms. The molecule has 0 aliphatic carbocycles. The summed E-state index contributed by atoms with van der Waals surface area (Å²) in [5, 5.41) is 20.1. The van der Waals surface area contributed by atoms with Crippen LogP contribution in [-0.4, -0.2) is 75.3 Å². The second-order valence-electron chi connectivity index (χ2n) is 7.60. The van der Waals surface area contributed by atoms with E-state index in [1.807, 2.05) is 23.3 Å². The normalized spacial score (nSPS) is 20.5. The Hall–Kier alpha value is -2.00. The van der Waals surface area contributed by atoms with E-state index in [2.05, 4.69) is 25.7 Å². The average Bonchev–Trinajstić information content (AvgIpc) is 3.42. The highest BCUT2D eigenvalue weighted by atomic mass is 16.7. The van der Waals surface area contributed by atoms with Crippen molar-refractivity contribution < 1.29 is 14.7 Å². The van der Waals surface area contributed by atoms with Crippen LogP contribution in [0.5, 0.6) is 5.75 Å². The Morgan fingerprint density at radius 3 is 2.75 bits per heavy atom. The number of aliphatic hydroxyl groups is 1. The number of rotatable bonds is 8. The van der Waals surface area contributed by atoms with Crippen molar-refractivity contribution in [3.05, 3.63) is 42.5 Å². The minimum absolute atomic E-state index is 0.301. The van der Waals surface area contributed by atoms with E-state index >= 15 is 0 Å². The van der Waals surface area contributed by atoms with Gasteiger partial charge in [0.2, 0.25) is 0 Å². The molecule has 152 valence electrons. The Kier molecular flexibility index (Phi) is 6.53. The first-order valence-electron chi connectivity index (χ1n) is 10.1. The smallest absolute Gasteiger partial charge is 0.119 e. The molecule has 1 aromatic carbocycles. The van der Waals surface area contributed by atoms with E-state index in [0.717, 1.165) is 63.4 Å². The highest BCUT2D eigenvalue weighted by molar-refractivity contribution is 5.28. The van der Waals surface area contributed by atoms with Gasteiger partial charge in [-0.2, -0.15) is 5.06 Å². The van der Waals surface area contributed by atoms with Gasteiger partial charge in [0.15, 0.2) is 0 Å². The Bertz CT molecular complexity index is 712. The number of aromatic nitrogens is 3. The Labute approximate surface area is 165 Å². The summed E-state index contributed by atoms with van der Waals surface area (Å²) in [4.78, 5) is 7.85. The van der Waals surface area contributed by atoms with Crippen LogP contribution in [0, 0.1) is 0 Å². The number of ether oxygens (including phenoxy) is 1. The Morgan fingerprint density at radius 2 is 2.00 bits per heavy atom. The number of piperidine rings is 1. The largest absolute Gasteiger partial charge is 0.491 e. The van der Waals surface area contributed by atoms with Gasteiger partial charge in [0.25, 0.3) is 0 Å². The molecule has 8 nitrogen and oxygen atoms in total. The van der Waals surface area contributed by atoms with Gasteiger partial charge >= 0.3 is 0 Å². The second kappa shape index (κ2) is 9.47. The number of aliphatic hydroxyl groups excluding tert-OH is 1. The maximum atomic E-state index is 10.4. The SMILES string of the molecule is OC(COc1cccc(CN2CCCO2)c1)CN1CCC(n2cnnc2)CC1. The third kappa shape index (κ3) is 5.29. The molecular formula is C20H29N5O3. The van der Waals surface area contributed by atoms with E-state index in [9.17, 15) is 5.11 Å². The van der Waals surface area contributed by atoms with Crippen LogP contribution < -0.4 is 4.74 Å². The van der Waals surface area contributed by atoms with Crippen LogP contribution in [0.3, 0.4) is 0 Å².